The number of hydrogen-bond acceptors (Lipinski definition) is 5. The highest BCUT2D eigenvalue weighted by Gasteiger charge is 2.29. The minimum absolute atomic E-state index is 0.110. The van der Waals surface area contributed by atoms with Crippen molar-refractivity contribution in [2.24, 2.45) is 11.8 Å². The number of carbonyl (C=O) groups excluding carboxylic acids is 2. The van der Waals surface area contributed by atoms with Gasteiger partial charge in [0.1, 0.15) is 0 Å². The van der Waals surface area contributed by atoms with Crippen LogP contribution in [0.15, 0.2) is 29.2 Å². The third-order valence-electron chi connectivity index (χ3n) is 6.43. The third-order valence-corrected chi connectivity index (χ3v) is 8.34. The number of nitrogens with zero attached hydrogens (tertiary/aromatic N) is 1. The molecule has 0 spiro atoms. The smallest absolute Gasteiger partial charge is 0.338 e. The molecule has 1 saturated carbocycles. The van der Waals surface area contributed by atoms with E-state index in [2.05, 4.69) is 19.2 Å². The SMILES string of the molecule is CC1CCCC(NC(=O)COC(=O)c2ccc(S(=O)(=O)N3CCCCC3)cc2)C1C. The molecular weight excluding hydrogens is 404 g/mol. The fourth-order valence-corrected chi connectivity index (χ4v) is 5.78. The highest BCUT2D eigenvalue weighted by molar-refractivity contribution is 7.89. The van der Waals surface area contributed by atoms with Gasteiger partial charge in [0.15, 0.2) is 6.61 Å². The molecular formula is C22H32N2O5S. The number of nitrogens with one attached hydrogen (secondary N) is 1. The number of amides is 1. The second kappa shape index (κ2) is 9.92. The molecule has 1 aliphatic carbocycles. The summed E-state index contributed by atoms with van der Waals surface area (Å²) in [5, 5.41) is 2.97. The Hall–Kier alpha value is -1.93. The number of carbonyl (C=O) groups is 2. The van der Waals surface area contributed by atoms with Gasteiger partial charge in [-0.05, 0) is 55.4 Å². The molecule has 3 atom stereocenters. The van der Waals surface area contributed by atoms with E-state index in [1.54, 1.807) is 0 Å². The van der Waals surface area contributed by atoms with Crippen LogP contribution in [0.4, 0.5) is 0 Å². The summed E-state index contributed by atoms with van der Waals surface area (Å²) in [4.78, 5) is 24.6. The van der Waals surface area contributed by atoms with E-state index >= 15 is 0 Å². The molecule has 1 amide bonds. The predicted octanol–water partition coefficient (Wildman–Crippen LogP) is 2.96. The molecule has 1 heterocycles. The maximum Gasteiger partial charge on any atom is 0.338 e. The lowest BCUT2D eigenvalue weighted by molar-refractivity contribution is -0.125. The molecule has 8 heteroatoms. The average Bonchev–Trinajstić information content (AvgIpc) is 2.76. The maximum absolute atomic E-state index is 12.7. The third kappa shape index (κ3) is 5.40. The summed E-state index contributed by atoms with van der Waals surface area (Å²) >= 11 is 0. The molecule has 1 saturated heterocycles. The lowest BCUT2D eigenvalue weighted by Gasteiger charge is -2.34. The van der Waals surface area contributed by atoms with E-state index in [9.17, 15) is 18.0 Å². The number of esters is 1. The molecule has 3 rings (SSSR count). The van der Waals surface area contributed by atoms with Crippen molar-refractivity contribution in [3.05, 3.63) is 29.8 Å². The first-order valence-electron chi connectivity index (χ1n) is 10.9. The van der Waals surface area contributed by atoms with Crippen molar-refractivity contribution in [3.8, 4) is 0 Å². The Bertz CT molecular complexity index is 847. The van der Waals surface area contributed by atoms with Gasteiger partial charge in [0, 0.05) is 19.1 Å². The second-order valence-electron chi connectivity index (χ2n) is 8.51. The van der Waals surface area contributed by atoms with Crippen molar-refractivity contribution in [3.63, 3.8) is 0 Å². The van der Waals surface area contributed by atoms with Crippen molar-refractivity contribution in [1.82, 2.24) is 9.62 Å². The molecule has 1 aromatic rings. The van der Waals surface area contributed by atoms with Gasteiger partial charge < -0.3 is 10.1 Å². The molecule has 166 valence electrons. The Morgan fingerprint density at radius 2 is 1.70 bits per heavy atom. The molecule has 3 unspecified atom stereocenters. The first-order chi connectivity index (χ1) is 14.3. The zero-order chi connectivity index (χ0) is 21.7. The quantitative estimate of drug-likeness (QED) is 0.692. The van der Waals surface area contributed by atoms with Crippen molar-refractivity contribution < 1.29 is 22.7 Å². The number of sulfonamides is 1. The predicted molar refractivity (Wildman–Crippen MR) is 113 cm³/mol. The molecule has 1 aromatic carbocycles. The van der Waals surface area contributed by atoms with E-state index in [0.29, 0.717) is 24.9 Å². The molecule has 30 heavy (non-hydrogen) atoms. The van der Waals surface area contributed by atoms with Crippen molar-refractivity contribution >= 4 is 21.9 Å². The van der Waals surface area contributed by atoms with Gasteiger partial charge in [-0.25, -0.2) is 13.2 Å². The molecule has 0 radical (unpaired) electrons. The molecule has 0 bridgehead atoms. The molecule has 1 N–H and O–H groups in total. The largest absolute Gasteiger partial charge is 0.452 e. The van der Waals surface area contributed by atoms with Crippen LogP contribution in [0.1, 0.15) is 62.7 Å². The van der Waals surface area contributed by atoms with Crippen molar-refractivity contribution in [2.75, 3.05) is 19.7 Å². The zero-order valence-corrected chi connectivity index (χ0v) is 18.6. The van der Waals surface area contributed by atoms with Crippen LogP contribution >= 0.6 is 0 Å². The summed E-state index contributed by atoms with van der Waals surface area (Å²) < 4.78 is 32.0. The van der Waals surface area contributed by atoms with Gasteiger partial charge in [0.2, 0.25) is 10.0 Å². The topological polar surface area (TPSA) is 92.8 Å². The summed E-state index contributed by atoms with van der Waals surface area (Å²) in [6, 6.07) is 5.82. The fraction of sp³-hybridized carbons (Fsp3) is 0.636. The van der Waals surface area contributed by atoms with Crippen LogP contribution in [-0.4, -0.2) is 50.3 Å². The summed E-state index contributed by atoms with van der Waals surface area (Å²) in [5.74, 6) is 0.00913. The van der Waals surface area contributed by atoms with Gasteiger partial charge in [-0.2, -0.15) is 4.31 Å². The Balaban J connectivity index is 1.52. The van der Waals surface area contributed by atoms with Crippen LogP contribution in [0, 0.1) is 11.8 Å². The minimum atomic E-state index is -3.54. The van der Waals surface area contributed by atoms with Gasteiger partial charge >= 0.3 is 5.97 Å². The summed E-state index contributed by atoms with van der Waals surface area (Å²) in [5.41, 5.74) is 0.222. The fourth-order valence-electron chi connectivity index (χ4n) is 4.27. The van der Waals surface area contributed by atoms with E-state index in [1.165, 1.54) is 35.0 Å². The van der Waals surface area contributed by atoms with E-state index in [1.807, 2.05) is 0 Å². The Morgan fingerprint density at radius 3 is 2.37 bits per heavy atom. The maximum atomic E-state index is 12.7. The van der Waals surface area contributed by atoms with Crippen LogP contribution in [0.2, 0.25) is 0 Å². The number of ether oxygens (including phenoxy) is 1. The average molecular weight is 437 g/mol. The first kappa shape index (κ1) is 22.7. The van der Waals surface area contributed by atoms with Crippen molar-refractivity contribution in [1.29, 1.82) is 0 Å². The van der Waals surface area contributed by atoms with Crippen LogP contribution in [-0.2, 0) is 19.6 Å². The van der Waals surface area contributed by atoms with Crippen LogP contribution in [0.5, 0.6) is 0 Å². The van der Waals surface area contributed by atoms with Crippen LogP contribution in [0.3, 0.4) is 0 Å². The second-order valence-corrected chi connectivity index (χ2v) is 10.4. The number of piperidine rings is 1. The summed E-state index contributed by atoms with van der Waals surface area (Å²) in [6.07, 6.45) is 5.98. The lowest BCUT2D eigenvalue weighted by Crippen LogP contribution is -2.45. The Morgan fingerprint density at radius 1 is 1.03 bits per heavy atom. The first-order valence-corrected chi connectivity index (χ1v) is 12.3. The molecule has 1 aliphatic heterocycles. The van der Waals surface area contributed by atoms with Crippen molar-refractivity contribution in [2.45, 2.75) is 63.3 Å². The highest BCUT2D eigenvalue weighted by Crippen LogP contribution is 2.29. The monoisotopic (exact) mass is 436 g/mol. The van der Waals surface area contributed by atoms with E-state index in [0.717, 1.165) is 32.1 Å². The number of hydrogen-bond donors (Lipinski definition) is 1. The molecule has 2 aliphatic rings. The van der Waals surface area contributed by atoms with Gasteiger partial charge in [0.05, 0.1) is 10.5 Å². The van der Waals surface area contributed by atoms with Crippen LogP contribution < -0.4 is 5.32 Å². The molecule has 2 fully saturated rings. The standard InChI is InChI=1S/C22H32N2O5S/c1-16-7-6-8-20(17(16)2)23-21(25)15-29-22(26)18-9-11-19(12-10-18)30(27,28)24-13-4-3-5-14-24/h9-12,16-17,20H,3-8,13-15H2,1-2H3,(H,23,25). The van der Waals surface area contributed by atoms with E-state index in [-0.39, 0.29) is 29.0 Å². The highest BCUT2D eigenvalue weighted by atomic mass is 32.2. The molecule has 0 aromatic heterocycles. The summed E-state index contributed by atoms with van der Waals surface area (Å²) in [6.45, 7) is 5.04. The summed E-state index contributed by atoms with van der Waals surface area (Å²) in [7, 11) is -3.54. The molecule has 7 nitrogen and oxygen atoms in total. The minimum Gasteiger partial charge on any atom is -0.452 e. The normalized spacial score (nSPS) is 25.5. The number of benzene rings is 1. The van der Waals surface area contributed by atoms with Gasteiger partial charge in [-0.3, -0.25) is 4.79 Å². The Labute approximate surface area is 179 Å². The van der Waals surface area contributed by atoms with Gasteiger partial charge in [-0.15, -0.1) is 0 Å². The van der Waals surface area contributed by atoms with E-state index in [4.69, 9.17) is 4.74 Å². The number of rotatable bonds is 6. The van der Waals surface area contributed by atoms with E-state index < -0.39 is 16.0 Å². The van der Waals surface area contributed by atoms with Gasteiger partial charge in [-0.1, -0.05) is 33.1 Å². The zero-order valence-electron chi connectivity index (χ0n) is 17.8. The van der Waals surface area contributed by atoms with Gasteiger partial charge in [0.25, 0.3) is 5.91 Å². The van der Waals surface area contributed by atoms with Crippen LogP contribution in [0.25, 0.3) is 0 Å². The Kier molecular flexibility index (Phi) is 7.52. The lowest BCUT2D eigenvalue weighted by atomic mass is 9.78.